The van der Waals surface area contributed by atoms with Crippen molar-refractivity contribution in [2.45, 2.75) is 20.8 Å². The topological polar surface area (TPSA) is 59.9 Å². The molecule has 0 aliphatic rings. The summed E-state index contributed by atoms with van der Waals surface area (Å²) in [4.78, 5) is 12.9. The summed E-state index contributed by atoms with van der Waals surface area (Å²) < 4.78 is 21.4. The Bertz CT molecular complexity index is 1100. The molecule has 0 atom stereocenters. The van der Waals surface area contributed by atoms with E-state index in [9.17, 15) is 4.39 Å². The van der Waals surface area contributed by atoms with E-state index in [2.05, 4.69) is 41.0 Å². The van der Waals surface area contributed by atoms with E-state index in [0.717, 1.165) is 15.3 Å². The van der Waals surface area contributed by atoms with Crippen LogP contribution >= 0.6 is 11.3 Å². The number of nitrogens with zero attached hydrogens (tertiary/aromatic N) is 3. The van der Waals surface area contributed by atoms with Gasteiger partial charge in [-0.2, -0.15) is 0 Å². The summed E-state index contributed by atoms with van der Waals surface area (Å²) in [6.07, 6.45) is 3.15. The number of fused-ring (bicyclic) bond motifs is 1. The number of thiazole rings is 1. The van der Waals surface area contributed by atoms with Crippen molar-refractivity contribution in [1.82, 2.24) is 15.0 Å². The van der Waals surface area contributed by atoms with Gasteiger partial charge in [0.2, 0.25) is 0 Å². The first-order valence-electron chi connectivity index (χ1n) is 9.25. The predicted octanol–water partition coefficient (Wildman–Crippen LogP) is 6.06. The number of nitrogens with one attached hydrogen (secondary N) is 1. The van der Waals surface area contributed by atoms with Gasteiger partial charge in [-0.1, -0.05) is 44.2 Å². The number of ether oxygens (including phenoxy) is 1. The van der Waals surface area contributed by atoms with Crippen LogP contribution in [0.1, 0.15) is 20.8 Å². The lowest BCUT2D eigenvalue weighted by Crippen LogP contribution is -2.17. The molecule has 4 rings (SSSR count). The molecule has 0 aliphatic carbocycles. The Hall–Kier alpha value is -3.06. The molecule has 2 aromatic carbocycles. The summed E-state index contributed by atoms with van der Waals surface area (Å²) in [5.41, 5.74) is 2.60. The molecule has 0 amide bonds. The number of halogens is 1. The van der Waals surface area contributed by atoms with Crippen LogP contribution in [-0.2, 0) is 0 Å². The molecule has 5 nitrogen and oxygen atoms in total. The first kappa shape index (κ1) is 19.3. The molecule has 0 fully saturated rings. The average Bonchev–Trinajstić information content (AvgIpc) is 3.09. The highest BCUT2D eigenvalue weighted by atomic mass is 32.1. The number of aromatic nitrogens is 3. The van der Waals surface area contributed by atoms with Crippen molar-refractivity contribution in [3.8, 4) is 17.1 Å². The largest absolute Gasteiger partial charge is 0.463 e. The van der Waals surface area contributed by atoms with Crippen molar-refractivity contribution in [2.75, 3.05) is 11.9 Å². The second-order valence-electron chi connectivity index (χ2n) is 7.91. The minimum atomic E-state index is -0.358. The Balaban J connectivity index is 1.49. The molecule has 2 aromatic heterocycles. The molecule has 0 unspecified atom stereocenters. The van der Waals surface area contributed by atoms with Crippen molar-refractivity contribution in [1.29, 1.82) is 0 Å². The summed E-state index contributed by atoms with van der Waals surface area (Å²) in [6, 6.07) is 13.1. The maximum atomic E-state index is 14.7. The summed E-state index contributed by atoms with van der Waals surface area (Å²) in [7, 11) is 0. The van der Waals surface area contributed by atoms with Crippen molar-refractivity contribution in [3.63, 3.8) is 0 Å². The minimum Gasteiger partial charge on any atom is -0.463 e. The molecule has 1 N–H and O–H groups in total. The third kappa shape index (κ3) is 4.68. The molecule has 0 bridgehead atoms. The van der Waals surface area contributed by atoms with Gasteiger partial charge in [0.15, 0.2) is 5.13 Å². The zero-order chi connectivity index (χ0) is 20.4. The van der Waals surface area contributed by atoms with Crippen molar-refractivity contribution < 1.29 is 9.13 Å². The van der Waals surface area contributed by atoms with Crippen LogP contribution in [0.3, 0.4) is 0 Å². The zero-order valence-electron chi connectivity index (χ0n) is 16.4. The van der Waals surface area contributed by atoms with Crippen LogP contribution < -0.4 is 10.1 Å². The molecular weight excluding hydrogens is 387 g/mol. The van der Waals surface area contributed by atoms with Crippen molar-refractivity contribution >= 4 is 32.4 Å². The lowest BCUT2D eigenvalue weighted by Gasteiger charge is -2.17. The molecule has 0 radical (unpaired) electrons. The number of rotatable bonds is 5. The van der Waals surface area contributed by atoms with E-state index < -0.39 is 0 Å². The van der Waals surface area contributed by atoms with E-state index in [4.69, 9.17) is 4.74 Å². The van der Waals surface area contributed by atoms with E-state index in [0.29, 0.717) is 29.4 Å². The van der Waals surface area contributed by atoms with E-state index in [1.54, 1.807) is 18.5 Å². The van der Waals surface area contributed by atoms with Gasteiger partial charge in [0.25, 0.3) is 0 Å². The molecule has 29 heavy (non-hydrogen) atoms. The molecule has 0 saturated carbocycles. The van der Waals surface area contributed by atoms with Crippen molar-refractivity contribution in [3.05, 3.63) is 60.7 Å². The lowest BCUT2D eigenvalue weighted by atomic mass is 9.99. The highest BCUT2D eigenvalue weighted by molar-refractivity contribution is 7.22. The summed E-state index contributed by atoms with van der Waals surface area (Å²) >= 11 is 1.53. The standard InChI is InChI=1S/C22H21FN4OS/c1-22(2,3)13-28-20-24-11-14(12-25-20)16-9-8-15(10-17(16)23)26-21-27-18-6-4-5-7-19(18)29-21/h4-12H,13H2,1-3H3,(H,26,27). The minimum absolute atomic E-state index is 0.0141. The number of para-hydroxylation sites is 1. The van der Waals surface area contributed by atoms with Gasteiger partial charge in [-0.3, -0.25) is 0 Å². The van der Waals surface area contributed by atoms with Gasteiger partial charge >= 0.3 is 6.01 Å². The molecule has 7 heteroatoms. The molecule has 2 heterocycles. The summed E-state index contributed by atoms with van der Waals surface area (Å²) in [6.45, 7) is 6.72. The van der Waals surface area contributed by atoms with E-state index in [1.807, 2.05) is 30.3 Å². The highest BCUT2D eigenvalue weighted by Gasteiger charge is 2.13. The van der Waals surface area contributed by atoms with Gasteiger partial charge < -0.3 is 10.1 Å². The second-order valence-corrected chi connectivity index (χ2v) is 8.94. The zero-order valence-corrected chi connectivity index (χ0v) is 17.3. The van der Waals surface area contributed by atoms with Gasteiger partial charge in [0.05, 0.1) is 16.8 Å². The summed E-state index contributed by atoms with van der Waals surface area (Å²) in [5, 5.41) is 3.89. The van der Waals surface area contributed by atoms with Gasteiger partial charge in [-0.15, -0.1) is 0 Å². The molecular formula is C22H21FN4OS. The maximum Gasteiger partial charge on any atom is 0.316 e. The van der Waals surface area contributed by atoms with Crippen molar-refractivity contribution in [2.24, 2.45) is 5.41 Å². The number of benzene rings is 2. The SMILES string of the molecule is CC(C)(C)COc1ncc(-c2ccc(Nc3nc4ccccc4s3)cc2F)cn1. The molecule has 4 aromatic rings. The van der Waals surface area contributed by atoms with Gasteiger partial charge in [-0.05, 0) is 35.7 Å². The average molecular weight is 409 g/mol. The highest BCUT2D eigenvalue weighted by Crippen LogP contribution is 2.30. The third-order valence-electron chi connectivity index (χ3n) is 4.09. The fourth-order valence-corrected chi connectivity index (χ4v) is 3.57. The third-order valence-corrected chi connectivity index (χ3v) is 5.04. The molecule has 0 saturated heterocycles. The Morgan fingerprint density at radius 3 is 2.52 bits per heavy atom. The van der Waals surface area contributed by atoms with Crippen LogP contribution in [0.2, 0.25) is 0 Å². The lowest BCUT2D eigenvalue weighted by molar-refractivity contribution is 0.184. The van der Waals surface area contributed by atoms with E-state index in [1.165, 1.54) is 17.4 Å². The van der Waals surface area contributed by atoms with Crippen LogP contribution in [0, 0.1) is 11.2 Å². The first-order valence-corrected chi connectivity index (χ1v) is 10.1. The van der Waals surface area contributed by atoms with E-state index >= 15 is 0 Å². The normalized spacial score (nSPS) is 11.6. The van der Waals surface area contributed by atoms with Crippen LogP contribution in [0.4, 0.5) is 15.2 Å². The Morgan fingerprint density at radius 1 is 1.07 bits per heavy atom. The Kier molecular flexibility index (Phi) is 5.15. The molecule has 0 spiro atoms. The first-order chi connectivity index (χ1) is 13.9. The van der Waals surface area contributed by atoms with Gasteiger partial charge in [0, 0.05) is 29.2 Å². The smallest absolute Gasteiger partial charge is 0.316 e. The van der Waals surface area contributed by atoms with Crippen LogP contribution in [0.15, 0.2) is 54.9 Å². The Labute approximate surface area is 172 Å². The second kappa shape index (κ2) is 7.75. The van der Waals surface area contributed by atoms with Crippen LogP contribution in [-0.4, -0.2) is 21.6 Å². The monoisotopic (exact) mass is 408 g/mol. The summed E-state index contributed by atoms with van der Waals surface area (Å²) in [5.74, 6) is -0.358. The fraction of sp³-hybridized carbons (Fsp3) is 0.227. The van der Waals surface area contributed by atoms with Crippen LogP contribution in [0.25, 0.3) is 21.3 Å². The van der Waals surface area contributed by atoms with Crippen LogP contribution in [0.5, 0.6) is 6.01 Å². The predicted molar refractivity (Wildman–Crippen MR) is 115 cm³/mol. The van der Waals surface area contributed by atoms with Gasteiger partial charge in [-0.25, -0.2) is 19.3 Å². The molecule has 148 valence electrons. The molecule has 0 aliphatic heterocycles. The quantitative estimate of drug-likeness (QED) is 0.435. The maximum absolute atomic E-state index is 14.7. The van der Waals surface area contributed by atoms with E-state index in [-0.39, 0.29) is 11.2 Å². The number of anilines is 2. The number of hydrogen-bond donors (Lipinski definition) is 1. The number of hydrogen-bond acceptors (Lipinski definition) is 6. The Morgan fingerprint density at radius 2 is 1.83 bits per heavy atom. The van der Waals surface area contributed by atoms with Gasteiger partial charge in [0.1, 0.15) is 5.82 Å². The fourth-order valence-electron chi connectivity index (χ4n) is 2.69.